The first-order valence-corrected chi connectivity index (χ1v) is 6.89. The van der Waals surface area contributed by atoms with Crippen molar-refractivity contribution in [3.63, 3.8) is 0 Å². The zero-order valence-electron chi connectivity index (χ0n) is 11.3. The molecule has 2 heterocycles. The number of likely N-dealkylation sites (N-methyl/N-ethyl adjacent to an activating group) is 1. The highest BCUT2D eigenvalue weighted by molar-refractivity contribution is 5.99. The maximum Gasteiger partial charge on any atom is 0.311 e. The van der Waals surface area contributed by atoms with Gasteiger partial charge in [-0.1, -0.05) is 18.2 Å². The summed E-state index contributed by atoms with van der Waals surface area (Å²) in [4.78, 5) is 16.8. The molecule has 1 aliphatic heterocycles. The predicted octanol–water partition coefficient (Wildman–Crippen LogP) is 2.12. The summed E-state index contributed by atoms with van der Waals surface area (Å²) in [5.41, 5.74) is 4.83. The van der Waals surface area contributed by atoms with Crippen LogP contribution in [0.5, 0.6) is 0 Å². The van der Waals surface area contributed by atoms with Crippen molar-refractivity contribution in [2.45, 2.75) is 12.5 Å². The van der Waals surface area contributed by atoms with E-state index in [4.69, 9.17) is 0 Å². The summed E-state index contributed by atoms with van der Waals surface area (Å²) in [7, 11) is 2.02. The van der Waals surface area contributed by atoms with Gasteiger partial charge >= 0.3 is 5.97 Å². The number of fused-ring (bicyclic) bond motifs is 2. The van der Waals surface area contributed by atoms with E-state index in [1.807, 2.05) is 19.2 Å². The van der Waals surface area contributed by atoms with Gasteiger partial charge in [0, 0.05) is 29.7 Å². The Morgan fingerprint density at radius 1 is 1.45 bits per heavy atom. The average Bonchev–Trinajstić information content (AvgIpc) is 2.84. The minimum Gasteiger partial charge on any atom is -0.481 e. The Bertz CT molecular complexity index is 744. The van der Waals surface area contributed by atoms with Crippen molar-refractivity contribution in [2.75, 3.05) is 13.6 Å². The van der Waals surface area contributed by atoms with Gasteiger partial charge in [0.2, 0.25) is 0 Å². The van der Waals surface area contributed by atoms with Crippen molar-refractivity contribution in [3.05, 3.63) is 41.6 Å². The van der Waals surface area contributed by atoms with Crippen molar-refractivity contribution >= 4 is 22.4 Å². The quantitative estimate of drug-likeness (QED) is 0.833. The van der Waals surface area contributed by atoms with Gasteiger partial charge in [-0.25, -0.2) is 0 Å². The number of hydrogen-bond acceptors (Lipinski definition) is 2. The molecule has 102 valence electrons. The number of carboxylic acids is 1. The molecule has 2 aliphatic rings. The Morgan fingerprint density at radius 2 is 2.30 bits per heavy atom. The lowest BCUT2D eigenvalue weighted by atomic mass is 9.80. The van der Waals surface area contributed by atoms with Crippen molar-refractivity contribution < 1.29 is 9.90 Å². The molecule has 0 saturated heterocycles. The summed E-state index contributed by atoms with van der Waals surface area (Å²) in [5.74, 6) is -1.16. The van der Waals surface area contributed by atoms with Gasteiger partial charge in [0.25, 0.3) is 0 Å². The number of aromatic nitrogens is 1. The highest BCUT2D eigenvalue weighted by atomic mass is 16.4. The number of carbonyl (C=O) groups is 1. The third-order valence-corrected chi connectivity index (χ3v) is 4.59. The van der Waals surface area contributed by atoms with Gasteiger partial charge in [-0.15, -0.1) is 0 Å². The molecule has 0 saturated carbocycles. The molecule has 1 aliphatic carbocycles. The van der Waals surface area contributed by atoms with E-state index in [1.54, 1.807) is 0 Å². The molecule has 1 aromatic carbocycles. The Morgan fingerprint density at radius 3 is 3.10 bits per heavy atom. The largest absolute Gasteiger partial charge is 0.481 e. The van der Waals surface area contributed by atoms with Crippen LogP contribution in [-0.2, 0) is 11.2 Å². The second-order valence-corrected chi connectivity index (χ2v) is 5.77. The summed E-state index contributed by atoms with van der Waals surface area (Å²) >= 11 is 0. The molecule has 0 fully saturated rings. The monoisotopic (exact) mass is 268 g/mol. The SMILES string of the molecule is CN1C[C@H](C(=O)O)C=C2c3cccc4[nH]cc(c34)C[C@@H]21. The summed E-state index contributed by atoms with van der Waals surface area (Å²) in [6, 6.07) is 6.51. The van der Waals surface area contributed by atoms with Gasteiger partial charge in [0.15, 0.2) is 0 Å². The van der Waals surface area contributed by atoms with Gasteiger partial charge in [0.05, 0.1) is 5.92 Å². The molecule has 0 spiro atoms. The van der Waals surface area contributed by atoms with Crippen molar-refractivity contribution in [3.8, 4) is 0 Å². The summed E-state index contributed by atoms with van der Waals surface area (Å²) < 4.78 is 0. The molecule has 1 aromatic heterocycles. The van der Waals surface area contributed by atoms with Crippen LogP contribution in [-0.4, -0.2) is 40.6 Å². The fourth-order valence-electron chi connectivity index (χ4n) is 3.61. The number of carboxylic acid groups (broad SMARTS) is 1. The van der Waals surface area contributed by atoms with E-state index in [1.165, 1.54) is 22.1 Å². The smallest absolute Gasteiger partial charge is 0.311 e. The standard InChI is InChI=1S/C16H16N2O2/c1-18-8-10(16(19)20)5-12-11-3-2-4-13-15(11)9(7-17-13)6-14(12)18/h2-5,7,10,14,17H,6,8H2,1H3,(H,19,20)/t10-,14+/m1/s1. The van der Waals surface area contributed by atoms with E-state index in [0.29, 0.717) is 12.6 Å². The van der Waals surface area contributed by atoms with Crippen LogP contribution >= 0.6 is 0 Å². The van der Waals surface area contributed by atoms with E-state index in [0.717, 1.165) is 11.9 Å². The number of rotatable bonds is 1. The fourth-order valence-corrected chi connectivity index (χ4v) is 3.61. The molecular formula is C16H16N2O2. The predicted molar refractivity (Wildman–Crippen MR) is 77.5 cm³/mol. The Balaban J connectivity index is 1.96. The van der Waals surface area contributed by atoms with Crippen LogP contribution in [0.1, 0.15) is 11.1 Å². The minimum absolute atomic E-state index is 0.291. The average molecular weight is 268 g/mol. The molecule has 4 rings (SSSR count). The number of hydrogen-bond donors (Lipinski definition) is 2. The third-order valence-electron chi connectivity index (χ3n) is 4.59. The van der Waals surface area contributed by atoms with Gasteiger partial charge in [-0.2, -0.15) is 0 Å². The minimum atomic E-state index is -0.741. The number of nitrogens with one attached hydrogen (secondary N) is 1. The van der Waals surface area contributed by atoms with Crippen LogP contribution in [0, 0.1) is 5.92 Å². The molecule has 0 bridgehead atoms. The summed E-state index contributed by atoms with van der Waals surface area (Å²) in [5, 5.41) is 10.6. The summed E-state index contributed by atoms with van der Waals surface area (Å²) in [6.45, 7) is 0.583. The molecular weight excluding hydrogens is 252 g/mol. The highest BCUT2D eigenvalue weighted by Crippen LogP contribution is 2.40. The van der Waals surface area contributed by atoms with Crippen molar-refractivity contribution in [1.29, 1.82) is 0 Å². The van der Waals surface area contributed by atoms with Crippen LogP contribution in [0.2, 0.25) is 0 Å². The van der Waals surface area contributed by atoms with E-state index in [2.05, 4.69) is 28.2 Å². The van der Waals surface area contributed by atoms with E-state index in [-0.39, 0.29) is 0 Å². The number of H-pyrrole nitrogens is 1. The number of aliphatic carboxylic acids is 1. The first-order chi connectivity index (χ1) is 9.65. The Labute approximate surface area is 116 Å². The zero-order valence-corrected chi connectivity index (χ0v) is 11.3. The van der Waals surface area contributed by atoms with Gasteiger partial charge < -0.3 is 10.1 Å². The van der Waals surface area contributed by atoms with Crippen LogP contribution < -0.4 is 0 Å². The second-order valence-electron chi connectivity index (χ2n) is 5.77. The number of aromatic amines is 1. The first kappa shape index (κ1) is 11.7. The maximum absolute atomic E-state index is 11.3. The third kappa shape index (κ3) is 1.48. The van der Waals surface area contributed by atoms with Crippen molar-refractivity contribution in [1.82, 2.24) is 9.88 Å². The van der Waals surface area contributed by atoms with E-state index in [9.17, 15) is 9.90 Å². The molecule has 4 nitrogen and oxygen atoms in total. The molecule has 0 radical (unpaired) electrons. The highest BCUT2D eigenvalue weighted by Gasteiger charge is 2.35. The lowest BCUT2D eigenvalue weighted by molar-refractivity contribution is -0.140. The molecule has 0 amide bonds. The summed E-state index contributed by atoms with van der Waals surface area (Å²) in [6.07, 6.45) is 4.99. The normalized spacial score (nSPS) is 25.4. The molecule has 20 heavy (non-hydrogen) atoms. The van der Waals surface area contributed by atoms with Crippen LogP contribution in [0.3, 0.4) is 0 Å². The molecule has 2 N–H and O–H groups in total. The second kappa shape index (κ2) is 3.96. The van der Waals surface area contributed by atoms with E-state index < -0.39 is 11.9 Å². The number of nitrogens with zero attached hydrogens (tertiary/aromatic N) is 1. The molecule has 0 unspecified atom stereocenters. The lowest BCUT2D eigenvalue weighted by Gasteiger charge is -2.38. The topological polar surface area (TPSA) is 56.3 Å². The molecule has 4 heteroatoms. The van der Waals surface area contributed by atoms with E-state index >= 15 is 0 Å². The first-order valence-electron chi connectivity index (χ1n) is 6.89. The molecule has 2 aromatic rings. The Hall–Kier alpha value is -2.07. The Kier molecular flexibility index (Phi) is 2.32. The fraction of sp³-hybridized carbons (Fsp3) is 0.312. The maximum atomic E-state index is 11.3. The van der Waals surface area contributed by atoms with Crippen LogP contribution in [0.4, 0.5) is 0 Å². The van der Waals surface area contributed by atoms with Crippen LogP contribution in [0.15, 0.2) is 30.5 Å². The van der Waals surface area contributed by atoms with Gasteiger partial charge in [0.1, 0.15) is 0 Å². The van der Waals surface area contributed by atoms with Gasteiger partial charge in [-0.05, 0) is 36.2 Å². The molecule has 2 atom stereocenters. The lowest BCUT2D eigenvalue weighted by Crippen LogP contribution is -2.44. The number of benzene rings is 1. The van der Waals surface area contributed by atoms with Gasteiger partial charge in [-0.3, -0.25) is 9.69 Å². The zero-order chi connectivity index (χ0) is 13.9. The van der Waals surface area contributed by atoms with Crippen LogP contribution in [0.25, 0.3) is 16.5 Å². The van der Waals surface area contributed by atoms with Crippen molar-refractivity contribution in [2.24, 2.45) is 5.92 Å².